The molecule has 0 unspecified atom stereocenters. The summed E-state index contributed by atoms with van der Waals surface area (Å²) in [5.41, 5.74) is 1.11. The number of unbranched alkanes of at least 4 members (excludes halogenated alkanes) is 11. The van der Waals surface area contributed by atoms with E-state index in [2.05, 4.69) is 6.92 Å². The number of benzene rings is 2. The molecule has 0 amide bonds. The molecule has 0 aliphatic carbocycles. The topological polar surface area (TPSA) is 86.7 Å². The van der Waals surface area contributed by atoms with Gasteiger partial charge in [-0.25, -0.2) is 0 Å². The quantitative estimate of drug-likeness (QED) is 0.221. The van der Waals surface area contributed by atoms with E-state index in [1.165, 1.54) is 82.8 Å². The van der Waals surface area contributed by atoms with Gasteiger partial charge in [0.2, 0.25) is 0 Å². The molecule has 0 atom stereocenters. The molecule has 7 heteroatoms. The molecular weight excluding hydrogens is 447 g/mol. The molecule has 5 nitrogen and oxygen atoms in total. The minimum Gasteiger partial charge on any atom is -0.872 e. The number of ether oxygens (including phenoxy) is 1. The van der Waals surface area contributed by atoms with Crippen molar-refractivity contribution < 1.29 is 52.4 Å². The number of hydrogen-bond acceptors (Lipinski definition) is 4. The van der Waals surface area contributed by atoms with Crippen molar-refractivity contribution in [2.24, 2.45) is 0 Å². The summed E-state index contributed by atoms with van der Waals surface area (Å²) in [5, 5.41) is 11.5. The first-order valence-electron chi connectivity index (χ1n) is 12.0. The van der Waals surface area contributed by atoms with Crippen LogP contribution in [0.1, 0.15) is 89.5 Å². The molecule has 0 heterocycles. The van der Waals surface area contributed by atoms with Crippen molar-refractivity contribution >= 4 is 10.1 Å². The van der Waals surface area contributed by atoms with Crippen molar-refractivity contribution in [3.63, 3.8) is 0 Å². The minimum absolute atomic E-state index is 0. The van der Waals surface area contributed by atoms with Gasteiger partial charge < -0.3 is 9.84 Å². The zero-order valence-electron chi connectivity index (χ0n) is 20.2. The Bertz CT molecular complexity index is 915. The molecule has 0 radical (unpaired) electrons. The zero-order valence-corrected chi connectivity index (χ0v) is 23.0. The third-order valence-corrected chi connectivity index (χ3v) is 6.51. The summed E-state index contributed by atoms with van der Waals surface area (Å²) in [6, 6.07) is 10.8. The molecule has 2 aromatic rings. The molecule has 1 N–H and O–H groups in total. The number of aryl methyl sites for hydroxylation is 1. The van der Waals surface area contributed by atoms with E-state index in [1.807, 2.05) is 18.2 Å². The normalized spacial score (nSPS) is 11.2. The average Bonchev–Trinajstić information content (AvgIpc) is 2.75. The van der Waals surface area contributed by atoms with Crippen molar-refractivity contribution in [2.45, 2.75) is 95.3 Å². The summed E-state index contributed by atoms with van der Waals surface area (Å²) < 4.78 is 38.1. The maximum atomic E-state index is 11.5. The molecule has 2 rings (SSSR count). The minimum atomic E-state index is -4.55. The Labute approximate surface area is 222 Å². The second-order valence-electron chi connectivity index (χ2n) is 8.47. The van der Waals surface area contributed by atoms with Crippen LogP contribution < -0.4 is 39.4 Å². The summed E-state index contributed by atoms with van der Waals surface area (Å²) in [4.78, 5) is -0.517. The van der Waals surface area contributed by atoms with Crippen LogP contribution in [0.5, 0.6) is 17.2 Å². The first kappa shape index (κ1) is 30.0. The van der Waals surface area contributed by atoms with Crippen LogP contribution in [-0.2, 0) is 16.5 Å². The summed E-state index contributed by atoms with van der Waals surface area (Å²) in [7, 11) is -4.55. The van der Waals surface area contributed by atoms with Gasteiger partial charge in [-0.15, -0.1) is 5.75 Å². The van der Waals surface area contributed by atoms with E-state index < -0.39 is 20.8 Å². The Morgan fingerprint density at radius 1 is 0.818 bits per heavy atom. The van der Waals surface area contributed by atoms with Gasteiger partial charge in [-0.2, -0.15) is 8.42 Å². The summed E-state index contributed by atoms with van der Waals surface area (Å²) in [6.07, 6.45) is 16.7. The predicted octanol–water partition coefficient (Wildman–Crippen LogP) is 4.05. The van der Waals surface area contributed by atoms with Gasteiger partial charge in [0.15, 0.2) is 0 Å². The van der Waals surface area contributed by atoms with Gasteiger partial charge in [0, 0.05) is 0 Å². The van der Waals surface area contributed by atoms with Gasteiger partial charge in [-0.1, -0.05) is 95.8 Å². The van der Waals surface area contributed by atoms with Crippen molar-refractivity contribution in [3.05, 3.63) is 48.0 Å². The van der Waals surface area contributed by atoms with Gasteiger partial charge in [0.1, 0.15) is 16.4 Å². The Morgan fingerprint density at radius 3 is 1.97 bits per heavy atom. The van der Waals surface area contributed by atoms with Crippen LogP contribution in [0.25, 0.3) is 0 Å². The van der Waals surface area contributed by atoms with Crippen LogP contribution in [-0.4, -0.2) is 13.0 Å². The molecule has 33 heavy (non-hydrogen) atoms. The Hall–Kier alpha value is -1.05. The molecule has 0 saturated carbocycles. The van der Waals surface area contributed by atoms with Gasteiger partial charge in [-0.3, -0.25) is 4.55 Å². The van der Waals surface area contributed by atoms with E-state index >= 15 is 0 Å². The molecule has 0 aliphatic heterocycles. The SMILES string of the molecule is CCCCCCCCCCCCCCc1cccc(Oc2ccc([O-])cc2S(=O)(=O)O)c1.[Na+]. The molecular formula is C26H37NaO5S. The van der Waals surface area contributed by atoms with E-state index in [1.54, 1.807) is 6.07 Å². The monoisotopic (exact) mass is 484 g/mol. The van der Waals surface area contributed by atoms with Crippen LogP contribution in [0, 0.1) is 0 Å². The van der Waals surface area contributed by atoms with Crippen molar-refractivity contribution in [2.75, 3.05) is 0 Å². The zero-order chi connectivity index (χ0) is 23.2. The summed E-state index contributed by atoms with van der Waals surface area (Å²) in [6.45, 7) is 2.25. The van der Waals surface area contributed by atoms with Crippen LogP contribution in [0.15, 0.2) is 47.4 Å². The van der Waals surface area contributed by atoms with Gasteiger partial charge in [-0.05, 0) is 42.7 Å². The first-order valence-corrected chi connectivity index (χ1v) is 13.4. The number of rotatable bonds is 16. The molecule has 0 spiro atoms. The van der Waals surface area contributed by atoms with E-state index in [4.69, 9.17) is 4.74 Å². The second kappa shape index (κ2) is 16.6. The van der Waals surface area contributed by atoms with Gasteiger partial charge >= 0.3 is 29.6 Å². The van der Waals surface area contributed by atoms with Gasteiger partial charge in [0.05, 0.1) is 0 Å². The summed E-state index contributed by atoms with van der Waals surface area (Å²) in [5.74, 6) is -0.0923. The maximum absolute atomic E-state index is 11.5. The fraction of sp³-hybridized carbons (Fsp3) is 0.538. The largest absolute Gasteiger partial charge is 1.00 e. The molecule has 2 aromatic carbocycles. The predicted molar refractivity (Wildman–Crippen MR) is 127 cm³/mol. The Balaban J connectivity index is 0.00000544. The van der Waals surface area contributed by atoms with E-state index in [0.29, 0.717) is 5.75 Å². The van der Waals surface area contributed by atoms with Crippen LogP contribution in [0.4, 0.5) is 0 Å². The number of hydrogen-bond donors (Lipinski definition) is 1. The second-order valence-corrected chi connectivity index (χ2v) is 9.86. The van der Waals surface area contributed by atoms with Gasteiger partial charge in [0.25, 0.3) is 10.1 Å². The molecule has 0 aliphatic rings. The average molecular weight is 485 g/mol. The van der Waals surface area contributed by atoms with Crippen molar-refractivity contribution in [1.82, 2.24) is 0 Å². The Morgan fingerprint density at radius 2 is 1.39 bits per heavy atom. The first-order chi connectivity index (χ1) is 15.4. The van der Waals surface area contributed by atoms with E-state index in [0.717, 1.165) is 24.5 Å². The van der Waals surface area contributed by atoms with Crippen LogP contribution in [0.2, 0.25) is 0 Å². The van der Waals surface area contributed by atoms with Crippen molar-refractivity contribution in [3.8, 4) is 17.2 Å². The van der Waals surface area contributed by atoms with Crippen molar-refractivity contribution in [1.29, 1.82) is 0 Å². The smallest absolute Gasteiger partial charge is 0.872 e. The molecule has 0 bridgehead atoms. The molecule has 178 valence electrons. The molecule has 0 fully saturated rings. The standard InChI is InChI=1S/C26H38O5S.Na/c1-2-3-4-5-6-7-8-9-10-11-12-13-15-22-16-14-17-24(20-22)31-25-19-18-23(27)21-26(25)32(28,29)30;/h14,16-21,27H,2-13,15H2,1H3,(H,28,29,30);/q;+1/p-1. The molecule has 0 saturated heterocycles. The molecule has 0 aromatic heterocycles. The fourth-order valence-electron chi connectivity index (χ4n) is 3.84. The fourth-order valence-corrected chi connectivity index (χ4v) is 4.46. The van der Waals surface area contributed by atoms with Crippen LogP contribution in [0.3, 0.4) is 0 Å². The third kappa shape index (κ3) is 12.3. The third-order valence-electron chi connectivity index (χ3n) is 5.64. The Kier molecular flexibility index (Phi) is 15.0. The summed E-state index contributed by atoms with van der Waals surface area (Å²) >= 11 is 0. The van der Waals surface area contributed by atoms with E-state index in [-0.39, 0.29) is 35.3 Å². The van der Waals surface area contributed by atoms with E-state index in [9.17, 15) is 18.1 Å². The maximum Gasteiger partial charge on any atom is 1.00 e. The van der Waals surface area contributed by atoms with Crippen LogP contribution >= 0.6 is 0 Å².